The van der Waals surface area contributed by atoms with Crippen molar-refractivity contribution in [3.05, 3.63) is 69.9 Å². The van der Waals surface area contributed by atoms with Crippen LogP contribution in [0.2, 0.25) is 0 Å². The highest BCUT2D eigenvalue weighted by Gasteiger charge is 2.34. The number of nitrogens with one attached hydrogen (secondary N) is 1. The van der Waals surface area contributed by atoms with Gasteiger partial charge in [-0.15, -0.1) is 11.3 Å². The van der Waals surface area contributed by atoms with Gasteiger partial charge >= 0.3 is 0 Å². The number of carbonyl (C=O) groups is 1. The number of amides is 1. The van der Waals surface area contributed by atoms with Crippen molar-refractivity contribution in [1.82, 2.24) is 20.1 Å². The van der Waals surface area contributed by atoms with Crippen molar-refractivity contribution in [2.45, 2.75) is 25.5 Å². The largest absolute Gasteiger partial charge is 0.368 e. The van der Waals surface area contributed by atoms with Gasteiger partial charge in [0.15, 0.2) is 0 Å². The number of aromatic nitrogens is 3. The first-order valence-corrected chi connectivity index (χ1v) is 9.42. The minimum Gasteiger partial charge on any atom is -0.368 e. The van der Waals surface area contributed by atoms with Crippen molar-refractivity contribution < 1.29 is 9.53 Å². The Morgan fingerprint density at radius 2 is 2.19 bits per heavy atom. The van der Waals surface area contributed by atoms with Crippen molar-refractivity contribution in [2.24, 2.45) is 0 Å². The molecule has 0 bridgehead atoms. The second-order valence-electron chi connectivity index (χ2n) is 6.56. The van der Waals surface area contributed by atoms with Gasteiger partial charge in [0.1, 0.15) is 18.3 Å². The van der Waals surface area contributed by atoms with Crippen molar-refractivity contribution in [3.63, 3.8) is 0 Å². The molecule has 1 aliphatic heterocycles. The van der Waals surface area contributed by atoms with Crippen LogP contribution >= 0.6 is 11.3 Å². The topological polar surface area (TPSA) is 69.0 Å². The molecular weight excluding hydrogens is 348 g/mol. The van der Waals surface area contributed by atoms with Gasteiger partial charge in [-0.25, -0.2) is 9.67 Å². The number of thiophene rings is 1. The predicted molar refractivity (Wildman–Crippen MR) is 99.2 cm³/mol. The Hall–Kier alpha value is -2.51. The maximum absolute atomic E-state index is 12.5. The second kappa shape index (κ2) is 7.01. The quantitative estimate of drug-likeness (QED) is 0.752. The molecule has 7 heteroatoms. The second-order valence-corrected chi connectivity index (χ2v) is 7.56. The van der Waals surface area contributed by atoms with Crippen LogP contribution in [-0.2, 0) is 23.3 Å². The standard InChI is InChI=1S/C19H20N4O2S/c1-19(16-7-9-26-17(16)6-8-25-19)11-21-18(24)15-4-2-14(3-5-15)10-23-13-20-12-22-23/h2-5,7,9,12-13H,6,8,10-11H2,1H3,(H,21,24). The first-order valence-electron chi connectivity index (χ1n) is 8.54. The van der Waals surface area contributed by atoms with Gasteiger partial charge in [0.05, 0.1) is 19.7 Å². The van der Waals surface area contributed by atoms with E-state index in [-0.39, 0.29) is 5.91 Å². The Bertz CT molecular complexity index is 889. The minimum atomic E-state index is -0.462. The highest BCUT2D eigenvalue weighted by atomic mass is 32.1. The van der Waals surface area contributed by atoms with E-state index in [9.17, 15) is 4.79 Å². The maximum atomic E-state index is 12.5. The fourth-order valence-corrected chi connectivity index (χ4v) is 4.19. The molecule has 0 saturated carbocycles. The van der Waals surface area contributed by atoms with Gasteiger partial charge in [-0.1, -0.05) is 12.1 Å². The molecule has 1 N–H and O–H groups in total. The van der Waals surface area contributed by atoms with E-state index < -0.39 is 5.60 Å². The van der Waals surface area contributed by atoms with Gasteiger partial charge in [0.2, 0.25) is 0 Å². The molecule has 0 spiro atoms. The number of hydrogen-bond donors (Lipinski definition) is 1. The van der Waals surface area contributed by atoms with Gasteiger partial charge in [-0.3, -0.25) is 4.79 Å². The van der Waals surface area contributed by atoms with Crippen LogP contribution in [0.5, 0.6) is 0 Å². The molecule has 26 heavy (non-hydrogen) atoms. The van der Waals surface area contributed by atoms with Crippen molar-refractivity contribution >= 4 is 17.2 Å². The summed E-state index contributed by atoms with van der Waals surface area (Å²) in [6.45, 7) is 3.82. The van der Waals surface area contributed by atoms with E-state index in [1.165, 1.54) is 16.8 Å². The molecule has 4 rings (SSSR count). The number of nitrogens with zero attached hydrogens (tertiary/aromatic N) is 3. The predicted octanol–water partition coefficient (Wildman–Crippen LogP) is 2.61. The molecule has 0 saturated heterocycles. The monoisotopic (exact) mass is 368 g/mol. The lowest BCUT2D eigenvalue weighted by Crippen LogP contribution is -2.43. The summed E-state index contributed by atoms with van der Waals surface area (Å²) in [6, 6.07) is 9.65. The Morgan fingerprint density at radius 3 is 2.96 bits per heavy atom. The number of ether oxygens (including phenoxy) is 1. The first kappa shape index (κ1) is 16.9. The lowest BCUT2D eigenvalue weighted by molar-refractivity contribution is -0.0425. The summed E-state index contributed by atoms with van der Waals surface area (Å²) in [5, 5.41) is 9.19. The van der Waals surface area contributed by atoms with Crippen LogP contribution in [0.4, 0.5) is 0 Å². The zero-order valence-electron chi connectivity index (χ0n) is 14.5. The summed E-state index contributed by atoms with van der Waals surface area (Å²) in [4.78, 5) is 17.8. The molecule has 1 atom stereocenters. The molecule has 0 fully saturated rings. The van der Waals surface area contributed by atoms with E-state index in [2.05, 4.69) is 26.8 Å². The molecule has 2 aromatic heterocycles. The molecular formula is C19H20N4O2S. The molecule has 1 unspecified atom stereocenters. The van der Waals surface area contributed by atoms with Crippen molar-refractivity contribution in [2.75, 3.05) is 13.2 Å². The van der Waals surface area contributed by atoms with Gasteiger partial charge in [-0.05, 0) is 41.6 Å². The van der Waals surface area contributed by atoms with Gasteiger partial charge in [-0.2, -0.15) is 5.10 Å². The molecule has 3 aromatic rings. The van der Waals surface area contributed by atoms with E-state index >= 15 is 0 Å². The summed E-state index contributed by atoms with van der Waals surface area (Å²) in [5.74, 6) is -0.0931. The average molecular weight is 368 g/mol. The van der Waals surface area contributed by atoms with Crippen molar-refractivity contribution in [3.8, 4) is 0 Å². The zero-order valence-corrected chi connectivity index (χ0v) is 15.3. The van der Waals surface area contributed by atoms with Gasteiger partial charge in [0.25, 0.3) is 5.91 Å². The van der Waals surface area contributed by atoms with E-state index in [1.807, 2.05) is 31.2 Å². The number of rotatable bonds is 5. The third-order valence-corrected chi connectivity index (χ3v) is 5.66. The van der Waals surface area contributed by atoms with Crippen LogP contribution in [0.15, 0.2) is 48.4 Å². The zero-order chi connectivity index (χ0) is 18.0. The third-order valence-electron chi connectivity index (χ3n) is 4.68. The number of carbonyl (C=O) groups excluding carboxylic acids is 1. The summed E-state index contributed by atoms with van der Waals surface area (Å²) in [7, 11) is 0. The molecule has 6 nitrogen and oxygen atoms in total. The summed E-state index contributed by atoms with van der Waals surface area (Å²) < 4.78 is 7.74. The fourth-order valence-electron chi connectivity index (χ4n) is 3.21. The average Bonchev–Trinajstić information content (AvgIpc) is 3.33. The molecule has 3 heterocycles. The number of hydrogen-bond acceptors (Lipinski definition) is 5. The number of fused-ring (bicyclic) bond motifs is 1. The fraction of sp³-hybridized carbons (Fsp3) is 0.316. The lowest BCUT2D eigenvalue weighted by atomic mass is 9.93. The molecule has 1 aliphatic rings. The summed E-state index contributed by atoms with van der Waals surface area (Å²) in [5.41, 5.74) is 2.43. The molecule has 1 amide bonds. The molecule has 0 aliphatic carbocycles. The van der Waals surface area contributed by atoms with E-state index in [1.54, 1.807) is 22.3 Å². The van der Waals surface area contributed by atoms with Crippen LogP contribution < -0.4 is 5.32 Å². The molecule has 1 aromatic carbocycles. The van der Waals surface area contributed by atoms with Crippen LogP contribution in [0.25, 0.3) is 0 Å². The Kier molecular flexibility index (Phi) is 4.57. The smallest absolute Gasteiger partial charge is 0.251 e. The summed E-state index contributed by atoms with van der Waals surface area (Å²) in [6.07, 6.45) is 4.13. The van der Waals surface area contributed by atoms with E-state index in [4.69, 9.17) is 4.74 Å². The van der Waals surface area contributed by atoms with Crippen molar-refractivity contribution in [1.29, 1.82) is 0 Å². The van der Waals surface area contributed by atoms with Crippen LogP contribution in [0.3, 0.4) is 0 Å². The summed E-state index contributed by atoms with van der Waals surface area (Å²) >= 11 is 1.76. The van der Waals surface area contributed by atoms with E-state index in [0.29, 0.717) is 25.3 Å². The highest BCUT2D eigenvalue weighted by Crippen LogP contribution is 2.35. The van der Waals surface area contributed by atoms with Crippen LogP contribution in [0, 0.1) is 0 Å². The maximum Gasteiger partial charge on any atom is 0.251 e. The minimum absolute atomic E-state index is 0.0931. The number of benzene rings is 1. The van der Waals surface area contributed by atoms with Crippen LogP contribution in [-0.4, -0.2) is 33.8 Å². The lowest BCUT2D eigenvalue weighted by Gasteiger charge is -2.34. The van der Waals surface area contributed by atoms with Gasteiger partial charge < -0.3 is 10.1 Å². The Balaban J connectivity index is 1.39. The normalized spacial score (nSPS) is 19.1. The van der Waals surface area contributed by atoms with Gasteiger partial charge in [0, 0.05) is 16.9 Å². The van der Waals surface area contributed by atoms with E-state index in [0.717, 1.165) is 12.0 Å². The Morgan fingerprint density at radius 1 is 1.35 bits per heavy atom. The molecule has 0 radical (unpaired) electrons. The van der Waals surface area contributed by atoms with Crippen LogP contribution in [0.1, 0.15) is 33.3 Å². The highest BCUT2D eigenvalue weighted by molar-refractivity contribution is 7.10. The third kappa shape index (κ3) is 3.40. The Labute approximate surface area is 155 Å². The molecule has 134 valence electrons. The SMILES string of the molecule is CC1(CNC(=O)c2ccc(Cn3cncn3)cc2)OCCc2sccc21. The first-order chi connectivity index (χ1) is 12.6.